The number of carbonyl (C=O) groups is 1. The molecule has 0 aromatic carbocycles. The Bertz CT molecular complexity index is 99.4. The first-order valence-corrected chi connectivity index (χ1v) is 5.11. The normalized spacial score (nSPS) is 8.67. The number of hydrogen-bond donors (Lipinski definition) is 1. The predicted octanol–water partition coefficient (Wildman–Crippen LogP) is 2.78. The van der Waals surface area contributed by atoms with Crippen molar-refractivity contribution in [2.45, 2.75) is 13.8 Å². The second-order valence-corrected chi connectivity index (χ2v) is 3.36. The molecule has 0 radical (unpaired) electrons. The van der Waals surface area contributed by atoms with Crippen molar-refractivity contribution in [1.29, 1.82) is 0 Å². The van der Waals surface area contributed by atoms with Gasteiger partial charge in [0.05, 0.1) is 6.67 Å². The van der Waals surface area contributed by atoms with Crippen molar-refractivity contribution in [2.75, 3.05) is 25.6 Å². The lowest BCUT2D eigenvalue weighted by atomic mass is 10.8. The fourth-order valence-electron chi connectivity index (χ4n) is 0.330. The molecule has 0 unspecified atom stereocenters. The number of thiol groups is 1. The van der Waals surface area contributed by atoms with Gasteiger partial charge in [-0.3, -0.25) is 9.18 Å². The van der Waals surface area contributed by atoms with E-state index in [2.05, 4.69) is 12.6 Å². The summed E-state index contributed by atoms with van der Waals surface area (Å²) in [5.74, 6) is 0.225. The Morgan fingerprint density at radius 2 is 2.00 bits per heavy atom. The highest BCUT2D eigenvalue weighted by atomic mass is 32.2. The van der Waals surface area contributed by atoms with Crippen LogP contribution in [0.4, 0.5) is 9.18 Å². The van der Waals surface area contributed by atoms with Gasteiger partial charge in [0.1, 0.15) is 0 Å². The van der Waals surface area contributed by atoms with Gasteiger partial charge in [0.2, 0.25) is 4.45 Å². The summed E-state index contributed by atoms with van der Waals surface area (Å²) in [7, 11) is 0. The summed E-state index contributed by atoms with van der Waals surface area (Å²) in [5.41, 5.74) is 0. The minimum absolute atomic E-state index is 0.225. The van der Waals surface area contributed by atoms with Crippen LogP contribution >= 0.6 is 24.4 Å². The lowest BCUT2D eigenvalue weighted by Crippen LogP contribution is -1.84. The Hall–Kier alpha value is 0.260. The van der Waals surface area contributed by atoms with E-state index in [0.717, 1.165) is 25.0 Å². The number of ether oxygens (including phenoxy) is 1. The first-order chi connectivity index (χ1) is 5.68. The van der Waals surface area contributed by atoms with Gasteiger partial charge in [0.25, 0.3) is 0 Å². The molecule has 0 N–H and O–H groups in total. The summed E-state index contributed by atoms with van der Waals surface area (Å²) in [5, 5.41) is 0. The number of hydrogen-bond acceptors (Lipinski definition) is 3. The minimum atomic E-state index is -0.461. The zero-order valence-electron chi connectivity index (χ0n) is 7.38. The number of alkyl halides is 1. The van der Waals surface area contributed by atoms with Crippen LogP contribution < -0.4 is 0 Å². The first-order valence-electron chi connectivity index (χ1n) is 3.68. The molecule has 0 bridgehead atoms. The van der Waals surface area contributed by atoms with Crippen LogP contribution in [0.3, 0.4) is 0 Å². The summed E-state index contributed by atoms with van der Waals surface area (Å²) in [6.07, 6.45) is 0. The third-order valence-electron chi connectivity index (χ3n) is 0.711. The summed E-state index contributed by atoms with van der Waals surface area (Å²) < 4.78 is 15.7. The highest BCUT2D eigenvalue weighted by Gasteiger charge is 1.90. The molecule has 0 saturated carbocycles. The van der Waals surface area contributed by atoms with E-state index in [1.807, 2.05) is 13.8 Å². The van der Waals surface area contributed by atoms with E-state index >= 15 is 0 Å². The number of rotatable bonds is 4. The maximum Gasteiger partial charge on any atom is 0.243 e. The van der Waals surface area contributed by atoms with Gasteiger partial charge in [0, 0.05) is 19.0 Å². The molecule has 0 heterocycles. The van der Waals surface area contributed by atoms with E-state index < -0.39 is 6.67 Å². The zero-order chi connectivity index (χ0) is 9.82. The lowest BCUT2D eigenvalue weighted by Gasteiger charge is -1.86. The van der Waals surface area contributed by atoms with Crippen LogP contribution in [-0.2, 0) is 4.74 Å². The predicted molar refractivity (Wildman–Crippen MR) is 55.0 cm³/mol. The molecular formula is C7H15FO2S2. The Kier molecular flexibility index (Phi) is 17.0. The monoisotopic (exact) mass is 214 g/mol. The smallest absolute Gasteiger partial charge is 0.243 e. The van der Waals surface area contributed by atoms with Crippen molar-refractivity contribution in [3.05, 3.63) is 0 Å². The average molecular weight is 214 g/mol. The molecule has 0 spiro atoms. The van der Waals surface area contributed by atoms with Crippen molar-refractivity contribution in [3.63, 3.8) is 0 Å². The second kappa shape index (κ2) is 13.8. The van der Waals surface area contributed by atoms with Gasteiger partial charge in [-0.1, -0.05) is 24.4 Å². The summed E-state index contributed by atoms with van der Waals surface area (Å²) in [6.45, 7) is 5.21. The Labute approximate surface area is 82.7 Å². The summed E-state index contributed by atoms with van der Waals surface area (Å²) in [6, 6.07) is 0. The third-order valence-corrected chi connectivity index (χ3v) is 1.70. The molecule has 0 amide bonds. The van der Waals surface area contributed by atoms with E-state index in [4.69, 9.17) is 4.74 Å². The van der Waals surface area contributed by atoms with E-state index in [0.29, 0.717) is 0 Å². The molecular weight excluding hydrogens is 199 g/mol. The minimum Gasteiger partial charge on any atom is -0.382 e. The van der Waals surface area contributed by atoms with Crippen LogP contribution in [0.15, 0.2) is 0 Å². The number of carbonyl (C=O) groups excluding carboxylic acids is 1. The molecule has 12 heavy (non-hydrogen) atoms. The van der Waals surface area contributed by atoms with Crippen molar-refractivity contribution in [2.24, 2.45) is 0 Å². The van der Waals surface area contributed by atoms with Crippen LogP contribution in [0.25, 0.3) is 0 Å². The Balaban J connectivity index is 0. The quantitative estimate of drug-likeness (QED) is 0.729. The van der Waals surface area contributed by atoms with E-state index in [9.17, 15) is 9.18 Å². The van der Waals surface area contributed by atoms with Crippen molar-refractivity contribution >= 4 is 28.8 Å². The zero-order valence-corrected chi connectivity index (χ0v) is 9.09. The molecule has 0 rings (SSSR count). The van der Waals surface area contributed by atoms with E-state index in [-0.39, 0.29) is 10.2 Å². The van der Waals surface area contributed by atoms with Crippen LogP contribution in [0.2, 0.25) is 0 Å². The van der Waals surface area contributed by atoms with Gasteiger partial charge >= 0.3 is 0 Å². The Morgan fingerprint density at radius 3 is 2.08 bits per heavy atom. The van der Waals surface area contributed by atoms with Gasteiger partial charge in [0.15, 0.2) is 0 Å². The summed E-state index contributed by atoms with van der Waals surface area (Å²) >= 11 is 4.27. The maximum absolute atomic E-state index is 11.1. The SMILES string of the molecule is CCOCC.O=C(S)SCCF. The third kappa shape index (κ3) is 22.5. The van der Waals surface area contributed by atoms with Crippen LogP contribution in [0, 0.1) is 0 Å². The molecule has 0 saturated heterocycles. The molecule has 2 nitrogen and oxygen atoms in total. The molecule has 74 valence electrons. The van der Waals surface area contributed by atoms with Gasteiger partial charge in [-0.15, -0.1) is 0 Å². The highest BCUT2D eigenvalue weighted by Crippen LogP contribution is 2.04. The lowest BCUT2D eigenvalue weighted by molar-refractivity contribution is 0.162. The topological polar surface area (TPSA) is 26.3 Å². The van der Waals surface area contributed by atoms with Gasteiger partial charge in [-0.2, -0.15) is 0 Å². The van der Waals surface area contributed by atoms with Crippen molar-refractivity contribution in [3.8, 4) is 0 Å². The molecule has 0 aromatic heterocycles. The van der Waals surface area contributed by atoms with Crippen LogP contribution in [-0.4, -0.2) is 30.1 Å². The molecule has 0 aliphatic carbocycles. The molecule has 5 heteroatoms. The van der Waals surface area contributed by atoms with Gasteiger partial charge < -0.3 is 4.74 Å². The van der Waals surface area contributed by atoms with Crippen molar-refractivity contribution < 1.29 is 13.9 Å². The van der Waals surface area contributed by atoms with Gasteiger partial charge in [-0.25, -0.2) is 0 Å². The van der Waals surface area contributed by atoms with Crippen LogP contribution in [0.5, 0.6) is 0 Å². The van der Waals surface area contributed by atoms with Crippen molar-refractivity contribution in [1.82, 2.24) is 0 Å². The molecule has 0 aliphatic heterocycles. The fourth-order valence-corrected chi connectivity index (χ4v) is 0.856. The molecule has 0 fully saturated rings. The number of thioether (sulfide) groups is 1. The number of halogens is 1. The van der Waals surface area contributed by atoms with Crippen LogP contribution in [0.1, 0.15) is 13.8 Å². The fraction of sp³-hybridized carbons (Fsp3) is 0.857. The van der Waals surface area contributed by atoms with Gasteiger partial charge in [-0.05, 0) is 13.8 Å². The average Bonchev–Trinajstić information content (AvgIpc) is 2.03. The highest BCUT2D eigenvalue weighted by molar-refractivity contribution is 8.32. The first kappa shape index (κ1) is 14.8. The maximum atomic E-state index is 11.1. The summed E-state index contributed by atoms with van der Waals surface area (Å²) in [4.78, 5) is 9.86. The molecule has 0 aliphatic rings. The Morgan fingerprint density at radius 1 is 1.50 bits per heavy atom. The second-order valence-electron chi connectivity index (χ2n) is 1.58. The standard InChI is InChI=1S/C4H10O.C3H5FOS2/c1-3-5-4-2;4-1-2-7-3(5)6/h3-4H2,1-2H3;1-2H2,(H,5,6). The molecule has 0 aromatic rings. The largest absolute Gasteiger partial charge is 0.382 e. The molecule has 0 atom stereocenters. The van der Waals surface area contributed by atoms with E-state index in [1.165, 1.54) is 0 Å². The van der Waals surface area contributed by atoms with E-state index in [1.54, 1.807) is 0 Å².